The van der Waals surface area contributed by atoms with Gasteiger partial charge < -0.3 is 9.42 Å². The van der Waals surface area contributed by atoms with Gasteiger partial charge in [-0.3, -0.25) is 9.78 Å². The molecule has 6 heteroatoms. The third-order valence-corrected chi connectivity index (χ3v) is 4.70. The van der Waals surface area contributed by atoms with Crippen LogP contribution in [-0.2, 0) is 17.8 Å². The normalized spacial score (nSPS) is 17.0. The second kappa shape index (κ2) is 7.07. The molecule has 26 heavy (non-hydrogen) atoms. The number of benzene rings is 1. The molecule has 0 aliphatic carbocycles. The Morgan fingerprint density at radius 3 is 2.69 bits per heavy atom. The highest BCUT2D eigenvalue weighted by atomic mass is 16.5. The van der Waals surface area contributed by atoms with Gasteiger partial charge in [0.1, 0.15) is 5.69 Å². The van der Waals surface area contributed by atoms with Crippen LogP contribution in [0.2, 0.25) is 0 Å². The number of likely N-dealkylation sites (tertiary alicyclic amines) is 1. The molecule has 1 atom stereocenters. The van der Waals surface area contributed by atoms with Gasteiger partial charge in [-0.15, -0.1) is 0 Å². The molecule has 1 aromatic carbocycles. The van der Waals surface area contributed by atoms with Gasteiger partial charge in [-0.25, -0.2) is 0 Å². The van der Waals surface area contributed by atoms with E-state index in [0.29, 0.717) is 36.9 Å². The van der Waals surface area contributed by atoms with Crippen molar-refractivity contribution in [2.75, 3.05) is 6.54 Å². The highest BCUT2D eigenvalue weighted by molar-refractivity contribution is 5.79. The lowest BCUT2D eigenvalue weighted by molar-refractivity contribution is -0.128. The summed E-state index contributed by atoms with van der Waals surface area (Å²) in [4.78, 5) is 22.9. The van der Waals surface area contributed by atoms with Gasteiger partial charge >= 0.3 is 0 Å². The van der Waals surface area contributed by atoms with E-state index >= 15 is 0 Å². The van der Waals surface area contributed by atoms with Crippen LogP contribution in [0.1, 0.15) is 36.3 Å². The minimum Gasteiger partial charge on any atom is -0.339 e. The van der Waals surface area contributed by atoms with E-state index in [1.54, 1.807) is 6.20 Å². The first-order valence-electron chi connectivity index (χ1n) is 8.83. The quantitative estimate of drug-likeness (QED) is 0.708. The molecule has 3 aromatic rings. The number of carbonyl (C=O) groups excluding carboxylic acids is 1. The number of carbonyl (C=O) groups is 1. The van der Waals surface area contributed by atoms with Crippen molar-refractivity contribution < 1.29 is 9.32 Å². The van der Waals surface area contributed by atoms with Crippen molar-refractivity contribution in [2.24, 2.45) is 0 Å². The van der Waals surface area contributed by atoms with Crippen molar-refractivity contribution in [2.45, 2.75) is 32.2 Å². The molecule has 1 saturated heterocycles. The van der Waals surface area contributed by atoms with Gasteiger partial charge in [0.15, 0.2) is 0 Å². The number of rotatable bonds is 5. The minimum atomic E-state index is -0.0672. The number of amides is 1. The largest absolute Gasteiger partial charge is 0.339 e. The lowest BCUT2D eigenvalue weighted by Gasteiger charge is -2.16. The number of aromatic nitrogens is 3. The highest BCUT2D eigenvalue weighted by Gasteiger charge is 2.34. The third kappa shape index (κ3) is 3.35. The first-order chi connectivity index (χ1) is 12.7. The summed E-state index contributed by atoms with van der Waals surface area (Å²) in [5.41, 5.74) is 3.10. The Kier molecular flexibility index (Phi) is 4.48. The molecular weight excluding hydrogens is 328 g/mol. The highest BCUT2D eigenvalue weighted by Crippen LogP contribution is 2.29. The summed E-state index contributed by atoms with van der Waals surface area (Å²) in [5, 5.41) is 4.01. The molecule has 3 heterocycles. The van der Waals surface area contributed by atoms with Gasteiger partial charge in [-0.05, 0) is 29.7 Å². The summed E-state index contributed by atoms with van der Waals surface area (Å²) in [7, 11) is 0. The van der Waals surface area contributed by atoms with Gasteiger partial charge in [0.2, 0.25) is 17.6 Å². The van der Waals surface area contributed by atoms with Crippen molar-refractivity contribution in [1.82, 2.24) is 20.0 Å². The second-order valence-electron chi connectivity index (χ2n) is 6.52. The van der Waals surface area contributed by atoms with E-state index in [1.807, 2.05) is 23.1 Å². The van der Waals surface area contributed by atoms with E-state index in [2.05, 4.69) is 46.3 Å². The Labute approximate surface area is 151 Å². The first-order valence-corrected chi connectivity index (χ1v) is 8.83. The van der Waals surface area contributed by atoms with E-state index in [0.717, 1.165) is 12.0 Å². The van der Waals surface area contributed by atoms with Gasteiger partial charge in [0.25, 0.3) is 0 Å². The molecular formula is C20H20N4O2. The Balaban J connectivity index is 1.45. The maximum Gasteiger partial charge on any atom is 0.232 e. The second-order valence-corrected chi connectivity index (χ2v) is 6.52. The molecule has 1 unspecified atom stereocenters. The third-order valence-electron chi connectivity index (χ3n) is 4.70. The molecule has 1 fully saturated rings. The maximum atomic E-state index is 12.4. The Hall–Kier alpha value is -3.02. The molecule has 132 valence electrons. The number of aryl methyl sites for hydroxylation is 1. The molecule has 1 aliphatic rings. The molecule has 0 N–H and O–H groups in total. The van der Waals surface area contributed by atoms with E-state index in [4.69, 9.17) is 4.52 Å². The summed E-state index contributed by atoms with van der Waals surface area (Å²) < 4.78 is 5.40. The Bertz CT molecular complexity index is 890. The minimum absolute atomic E-state index is 0.0672. The van der Waals surface area contributed by atoms with Crippen molar-refractivity contribution in [3.8, 4) is 11.5 Å². The maximum absolute atomic E-state index is 12.4. The smallest absolute Gasteiger partial charge is 0.232 e. The van der Waals surface area contributed by atoms with Crippen molar-refractivity contribution in [3.05, 3.63) is 65.7 Å². The van der Waals surface area contributed by atoms with E-state index in [-0.39, 0.29) is 11.8 Å². The van der Waals surface area contributed by atoms with E-state index in [1.165, 1.54) is 5.56 Å². The number of nitrogens with zero attached hydrogens (tertiary/aromatic N) is 4. The predicted molar refractivity (Wildman–Crippen MR) is 96.1 cm³/mol. The van der Waals surface area contributed by atoms with Crippen LogP contribution in [0.3, 0.4) is 0 Å². The molecule has 6 nitrogen and oxygen atoms in total. The van der Waals surface area contributed by atoms with E-state index < -0.39 is 0 Å². The molecule has 0 bridgehead atoms. The van der Waals surface area contributed by atoms with Gasteiger partial charge in [-0.2, -0.15) is 4.98 Å². The topological polar surface area (TPSA) is 72.1 Å². The average Bonchev–Trinajstić information content (AvgIpc) is 3.31. The fraction of sp³-hybridized carbons (Fsp3) is 0.300. The van der Waals surface area contributed by atoms with Crippen LogP contribution in [0, 0.1) is 0 Å². The Morgan fingerprint density at radius 2 is 1.96 bits per heavy atom. The fourth-order valence-electron chi connectivity index (χ4n) is 3.19. The number of pyridine rings is 1. The summed E-state index contributed by atoms with van der Waals surface area (Å²) in [6.45, 7) is 3.34. The molecule has 0 spiro atoms. The van der Waals surface area contributed by atoms with Gasteiger partial charge in [-0.1, -0.05) is 42.4 Å². The van der Waals surface area contributed by atoms with Crippen molar-refractivity contribution in [3.63, 3.8) is 0 Å². The van der Waals surface area contributed by atoms with Crippen molar-refractivity contribution in [1.29, 1.82) is 0 Å². The first kappa shape index (κ1) is 16.4. The zero-order valence-electron chi connectivity index (χ0n) is 14.6. The Morgan fingerprint density at radius 1 is 1.15 bits per heavy atom. The fourth-order valence-corrected chi connectivity index (χ4v) is 3.19. The lowest BCUT2D eigenvalue weighted by atomic mass is 10.1. The van der Waals surface area contributed by atoms with Crippen LogP contribution >= 0.6 is 0 Å². The summed E-state index contributed by atoms with van der Waals surface area (Å²) in [6.07, 6.45) is 3.10. The zero-order valence-corrected chi connectivity index (χ0v) is 14.6. The standard InChI is InChI=1S/C20H20N4O2/c1-2-14-6-8-15(9-7-14)12-24-13-16(11-18(24)25)20-22-19(23-26-20)17-5-3-4-10-21-17/h3-10,16H,2,11-13H2,1H3. The van der Waals surface area contributed by atoms with Gasteiger partial charge in [0, 0.05) is 25.7 Å². The molecule has 4 rings (SSSR count). The molecule has 1 amide bonds. The number of hydrogen-bond donors (Lipinski definition) is 0. The lowest BCUT2D eigenvalue weighted by Crippen LogP contribution is -2.24. The zero-order chi connectivity index (χ0) is 17.9. The predicted octanol–water partition coefficient (Wildman–Crippen LogP) is 3.21. The number of hydrogen-bond acceptors (Lipinski definition) is 5. The molecule has 2 aromatic heterocycles. The van der Waals surface area contributed by atoms with Crippen LogP contribution in [0.4, 0.5) is 0 Å². The molecule has 0 radical (unpaired) electrons. The monoisotopic (exact) mass is 348 g/mol. The van der Waals surface area contributed by atoms with Gasteiger partial charge in [0.05, 0.1) is 5.92 Å². The van der Waals surface area contributed by atoms with Crippen LogP contribution in [0.5, 0.6) is 0 Å². The van der Waals surface area contributed by atoms with Crippen LogP contribution < -0.4 is 0 Å². The summed E-state index contributed by atoms with van der Waals surface area (Å²) >= 11 is 0. The van der Waals surface area contributed by atoms with Crippen LogP contribution in [0.15, 0.2) is 53.2 Å². The summed E-state index contributed by atoms with van der Waals surface area (Å²) in [5.74, 6) is 1.01. The molecule has 0 saturated carbocycles. The SMILES string of the molecule is CCc1ccc(CN2CC(c3nc(-c4ccccn4)no3)CC2=O)cc1. The molecule has 1 aliphatic heterocycles. The van der Waals surface area contributed by atoms with Crippen LogP contribution in [0.25, 0.3) is 11.5 Å². The van der Waals surface area contributed by atoms with Crippen molar-refractivity contribution >= 4 is 5.91 Å². The summed E-state index contributed by atoms with van der Waals surface area (Å²) in [6, 6.07) is 14.0. The van der Waals surface area contributed by atoms with Crippen LogP contribution in [-0.4, -0.2) is 32.5 Å². The van der Waals surface area contributed by atoms with E-state index in [9.17, 15) is 4.79 Å². The average molecular weight is 348 g/mol.